The lowest BCUT2D eigenvalue weighted by molar-refractivity contribution is -0.145. The number of carboxylic acid groups (broad SMARTS) is 1. The topological polar surface area (TPSA) is 63.6 Å². The Morgan fingerprint density at radius 3 is 2.28 bits per heavy atom. The summed E-state index contributed by atoms with van der Waals surface area (Å²) in [7, 11) is 0. The van der Waals surface area contributed by atoms with Gasteiger partial charge in [-0.05, 0) is 30.5 Å². The fourth-order valence-electron chi connectivity index (χ4n) is 2.69. The van der Waals surface area contributed by atoms with E-state index in [9.17, 15) is 14.7 Å². The number of carbonyl (C=O) groups excluding carboxylic acids is 1. The zero-order valence-corrected chi connectivity index (χ0v) is 10.1. The lowest BCUT2D eigenvalue weighted by atomic mass is 9.69. The molecule has 1 aliphatic carbocycles. The molecule has 1 aromatic carbocycles. The van der Waals surface area contributed by atoms with Gasteiger partial charge in [-0.15, -0.1) is 0 Å². The van der Waals surface area contributed by atoms with Crippen molar-refractivity contribution in [2.75, 3.05) is 0 Å². The van der Waals surface area contributed by atoms with E-state index in [1.54, 1.807) is 24.3 Å². The fourth-order valence-corrected chi connectivity index (χ4v) is 2.69. The zero-order valence-electron chi connectivity index (χ0n) is 10.1. The van der Waals surface area contributed by atoms with Crippen LogP contribution in [-0.4, -0.2) is 17.5 Å². The van der Waals surface area contributed by atoms with E-state index in [0.717, 1.165) is 24.8 Å². The van der Waals surface area contributed by atoms with Crippen molar-refractivity contribution in [3.8, 4) is 5.75 Å². The van der Waals surface area contributed by atoms with Crippen molar-refractivity contribution in [1.29, 1.82) is 0 Å². The van der Waals surface area contributed by atoms with E-state index in [4.69, 9.17) is 4.74 Å². The van der Waals surface area contributed by atoms with Crippen LogP contribution in [0.15, 0.2) is 24.3 Å². The van der Waals surface area contributed by atoms with Gasteiger partial charge in [-0.25, -0.2) is 0 Å². The molecule has 96 valence electrons. The van der Waals surface area contributed by atoms with Gasteiger partial charge in [-0.1, -0.05) is 31.4 Å². The zero-order chi connectivity index (χ0) is 13.0. The van der Waals surface area contributed by atoms with Crippen LogP contribution < -0.4 is 4.74 Å². The van der Waals surface area contributed by atoms with Gasteiger partial charge in [0, 0.05) is 0 Å². The first-order chi connectivity index (χ1) is 8.69. The third-order valence-electron chi connectivity index (χ3n) is 3.71. The maximum atomic E-state index is 11.6. The molecule has 18 heavy (non-hydrogen) atoms. The molecule has 0 atom stereocenters. The summed E-state index contributed by atoms with van der Waals surface area (Å²) in [6.45, 7) is 0.364. The predicted molar refractivity (Wildman–Crippen MR) is 65.5 cm³/mol. The second kappa shape index (κ2) is 5.21. The fraction of sp³-hybridized carbons (Fsp3) is 0.429. The highest BCUT2D eigenvalue weighted by Crippen LogP contribution is 2.40. The molecule has 1 saturated carbocycles. The molecule has 0 aliphatic heterocycles. The molecule has 0 saturated heterocycles. The van der Waals surface area contributed by atoms with E-state index in [2.05, 4.69) is 0 Å². The second-order valence-electron chi connectivity index (χ2n) is 4.69. The van der Waals surface area contributed by atoms with Crippen LogP contribution in [0.3, 0.4) is 0 Å². The summed E-state index contributed by atoms with van der Waals surface area (Å²) in [5.41, 5.74) is 0.0331. The Bertz CT molecular complexity index is 430. The van der Waals surface area contributed by atoms with Gasteiger partial charge in [0.25, 0.3) is 6.47 Å². The van der Waals surface area contributed by atoms with E-state index in [1.807, 2.05) is 0 Å². The molecular formula is C14H16O4. The number of hydrogen-bond acceptors (Lipinski definition) is 3. The largest absolute Gasteiger partial charge is 0.481 e. The molecule has 2 rings (SSSR count). The summed E-state index contributed by atoms with van der Waals surface area (Å²) in [6, 6.07) is 6.78. The molecule has 0 amide bonds. The predicted octanol–water partition coefficient (Wildman–Crippen LogP) is 2.51. The number of hydrogen-bond donors (Lipinski definition) is 1. The van der Waals surface area contributed by atoms with E-state index in [1.165, 1.54) is 0 Å². The number of ether oxygens (including phenoxy) is 1. The normalized spacial score (nSPS) is 18.0. The lowest BCUT2D eigenvalue weighted by Gasteiger charge is -2.33. The summed E-state index contributed by atoms with van der Waals surface area (Å²) < 4.78 is 4.71. The summed E-state index contributed by atoms with van der Waals surface area (Å²) in [5, 5.41) is 9.53. The standard InChI is InChI=1S/C14H16O4/c15-10-18-12-6-4-11(5-7-12)14(13(16)17)8-2-1-3-9-14/h4-7,10H,1-3,8-9H2,(H,16,17). The summed E-state index contributed by atoms with van der Waals surface area (Å²) in [6.07, 6.45) is 4.34. The van der Waals surface area contributed by atoms with Gasteiger partial charge in [-0.3, -0.25) is 9.59 Å². The molecule has 4 nitrogen and oxygen atoms in total. The highest BCUT2D eigenvalue weighted by Gasteiger charge is 2.41. The SMILES string of the molecule is O=COc1ccc(C2(C(=O)O)CCCCC2)cc1. The van der Waals surface area contributed by atoms with Crippen molar-refractivity contribution in [2.24, 2.45) is 0 Å². The van der Waals surface area contributed by atoms with Crippen LogP contribution in [0.25, 0.3) is 0 Å². The number of carbonyl (C=O) groups is 2. The molecule has 0 aromatic heterocycles. The number of carboxylic acids is 1. The molecule has 0 bridgehead atoms. The highest BCUT2D eigenvalue weighted by atomic mass is 16.5. The van der Waals surface area contributed by atoms with Gasteiger partial charge in [0.1, 0.15) is 5.75 Å². The Hall–Kier alpha value is -1.84. The van der Waals surface area contributed by atoms with Crippen LogP contribution in [-0.2, 0) is 15.0 Å². The number of aliphatic carboxylic acids is 1. The Morgan fingerprint density at radius 1 is 1.17 bits per heavy atom. The molecule has 0 heterocycles. The van der Waals surface area contributed by atoms with Crippen LogP contribution in [0, 0.1) is 0 Å². The van der Waals surface area contributed by atoms with Crippen molar-refractivity contribution >= 4 is 12.4 Å². The molecule has 1 N–H and O–H groups in total. The molecular weight excluding hydrogens is 232 g/mol. The molecule has 1 aromatic rings. The molecule has 4 heteroatoms. The van der Waals surface area contributed by atoms with Gasteiger partial charge >= 0.3 is 5.97 Å². The van der Waals surface area contributed by atoms with Crippen molar-refractivity contribution in [3.05, 3.63) is 29.8 Å². The lowest BCUT2D eigenvalue weighted by Crippen LogP contribution is -2.37. The summed E-state index contributed by atoms with van der Waals surface area (Å²) in [4.78, 5) is 21.8. The van der Waals surface area contributed by atoms with E-state index in [0.29, 0.717) is 25.1 Å². The Labute approximate surface area is 106 Å². The van der Waals surface area contributed by atoms with Crippen LogP contribution in [0.1, 0.15) is 37.7 Å². The summed E-state index contributed by atoms with van der Waals surface area (Å²) >= 11 is 0. The Balaban J connectivity index is 2.30. The van der Waals surface area contributed by atoms with Crippen molar-refractivity contribution in [1.82, 2.24) is 0 Å². The molecule has 0 unspecified atom stereocenters. The maximum Gasteiger partial charge on any atom is 0.314 e. The molecule has 0 spiro atoms. The third-order valence-corrected chi connectivity index (χ3v) is 3.71. The van der Waals surface area contributed by atoms with Crippen LogP contribution >= 0.6 is 0 Å². The molecule has 1 fully saturated rings. The first kappa shape index (κ1) is 12.6. The van der Waals surface area contributed by atoms with Gasteiger partial charge in [0.05, 0.1) is 5.41 Å². The first-order valence-corrected chi connectivity index (χ1v) is 6.13. The minimum absolute atomic E-state index is 0.364. The minimum Gasteiger partial charge on any atom is -0.481 e. The number of benzene rings is 1. The first-order valence-electron chi connectivity index (χ1n) is 6.13. The van der Waals surface area contributed by atoms with E-state index < -0.39 is 11.4 Å². The van der Waals surface area contributed by atoms with Crippen LogP contribution in [0.4, 0.5) is 0 Å². The maximum absolute atomic E-state index is 11.6. The molecule has 0 radical (unpaired) electrons. The van der Waals surface area contributed by atoms with Crippen LogP contribution in [0.2, 0.25) is 0 Å². The highest BCUT2D eigenvalue weighted by molar-refractivity contribution is 5.81. The van der Waals surface area contributed by atoms with Crippen molar-refractivity contribution in [3.63, 3.8) is 0 Å². The van der Waals surface area contributed by atoms with Gasteiger partial charge < -0.3 is 9.84 Å². The number of rotatable bonds is 4. The van der Waals surface area contributed by atoms with Gasteiger partial charge in [0.2, 0.25) is 0 Å². The third kappa shape index (κ3) is 2.23. The average molecular weight is 248 g/mol. The Kier molecular flexibility index (Phi) is 3.65. The quantitative estimate of drug-likeness (QED) is 0.831. The van der Waals surface area contributed by atoms with Crippen LogP contribution in [0.5, 0.6) is 5.75 Å². The van der Waals surface area contributed by atoms with Crippen molar-refractivity contribution < 1.29 is 19.4 Å². The monoisotopic (exact) mass is 248 g/mol. The smallest absolute Gasteiger partial charge is 0.314 e. The molecule has 1 aliphatic rings. The second-order valence-corrected chi connectivity index (χ2v) is 4.69. The Morgan fingerprint density at radius 2 is 1.78 bits per heavy atom. The summed E-state index contributed by atoms with van der Waals surface area (Å²) in [5.74, 6) is -0.323. The average Bonchev–Trinajstić information content (AvgIpc) is 2.40. The van der Waals surface area contributed by atoms with Crippen molar-refractivity contribution in [2.45, 2.75) is 37.5 Å². The van der Waals surface area contributed by atoms with E-state index in [-0.39, 0.29) is 0 Å². The minimum atomic E-state index is -0.766. The van der Waals surface area contributed by atoms with E-state index >= 15 is 0 Å². The van der Waals surface area contributed by atoms with Gasteiger partial charge in [0.15, 0.2) is 0 Å². The van der Waals surface area contributed by atoms with Gasteiger partial charge in [-0.2, -0.15) is 0 Å².